The molecule has 0 saturated carbocycles. The first kappa shape index (κ1) is 16.3. The lowest BCUT2D eigenvalue weighted by Crippen LogP contribution is -2.35. The molecule has 0 spiro atoms. The molecule has 1 heterocycles. The molecule has 0 bridgehead atoms. The Labute approximate surface area is 146 Å². The van der Waals surface area contributed by atoms with Crippen molar-refractivity contribution >= 4 is 17.5 Å². The second-order valence-electron chi connectivity index (χ2n) is 8.07. The molecule has 0 aromatic rings. The third-order valence-electron chi connectivity index (χ3n) is 6.25. The van der Waals surface area contributed by atoms with Crippen molar-refractivity contribution in [3.8, 4) is 0 Å². The van der Waals surface area contributed by atoms with Gasteiger partial charge in [0.25, 0.3) is 0 Å². The van der Waals surface area contributed by atoms with Crippen molar-refractivity contribution in [2.75, 3.05) is 0 Å². The molecule has 5 heteroatoms. The van der Waals surface area contributed by atoms with E-state index in [2.05, 4.69) is 6.08 Å². The molecule has 5 nitrogen and oxygen atoms in total. The number of carbonyl (C=O) groups excluding carboxylic acids is 3. The summed E-state index contributed by atoms with van der Waals surface area (Å²) < 4.78 is 5.67. The number of hydrogen-bond donors (Lipinski definition) is 1. The number of Topliss-reactive ketones (excluding diaryl/α,β-unsaturated/α-hetero) is 2. The SMILES string of the molecule is CC(C)C1=C(O)C2=C(CC3=CCC[C@]4(C)C(=O)O[C@@H](C2)[C@H]34)C(=O)C1=O. The van der Waals surface area contributed by atoms with Gasteiger partial charge in [0, 0.05) is 29.1 Å². The molecule has 3 aliphatic carbocycles. The summed E-state index contributed by atoms with van der Waals surface area (Å²) in [5.74, 6) is -1.73. The van der Waals surface area contributed by atoms with Crippen molar-refractivity contribution in [3.05, 3.63) is 34.1 Å². The average molecular weight is 342 g/mol. The van der Waals surface area contributed by atoms with Gasteiger partial charge in [-0.1, -0.05) is 25.5 Å². The molecule has 0 aromatic heterocycles. The van der Waals surface area contributed by atoms with Gasteiger partial charge in [-0.3, -0.25) is 14.4 Å². The second kappa shape index (κ2) is 5.16. The predicted molar refractivity (Wildman–Crippen MR) is 89.6 cm³/mol. The van der Waals surface area contributed by atoms with E-state index in [0.29, 0.717) is 24.0 Å². The zero-order valence-corrected chi connectivity index (χ0v) is 14.7. The van der Waals surface area contributed by atoms with Crippen molar-refractivity contribution < 1.29 is 24.2 Å². The van der Waals surface area contributed by atoms with E-state index in [4.69, 9.17) is 4.74 Å². The van der Waals surface area contributed by atoms with E-state index >= 15 is 0 Å². The first-order chi connectivity index (χ1) is 11.8. The van der Waals surface area contributed by atoms with Crippen LogP contribution in [0.3, 0.4) is 0 Å². The van der Waals surface area contributed by atoms with Gasteiger partial charge in [0.1, 0.15) is 11.9 Å². The number of aliphatic hydroxyl groups excluding tert-OH is 1. The van der Waals surface area contributed by atoms with E-state index in [1.165, 1.54) is 0 Å². The third-order valence-corrected chi connectivity index (χ3v) is 6.25. The van der Waals surface area contributed by atoms with E-state index in [9.17, 15) is 19.5 Å². The number of ether oxygens (including phenoxy) is 1. The number of aliphatic hydroxyl groups is 1. The van der Waals surface area contributed by atoms with Gasteiger partial charge in [-0.25, -0.2) is 0 Å². The van der Waals surface area contributed by atoms with E-state index < -0.39 is 17.0 Å². The fourth-order valence-electron chi connectivity index (χ4n) is 4.97. The van der Waals surface area contributed by atoms with Crippen LogP contribution in [0.2, 0.25) is 0 Å². The number of carbonyl (C=O) groups is 3. The first-order valence-corrected chi connectivity index (χ1v) is 8.90. The van der Waals surface area contributed by atoms with Crippen molar-refractivity contribution in [3.63, 3.8) is 0 Å². The maximum absolute atomic E-state index is 12.7. The highest BCUT2D eigenvalue weighted by molar-refractivity contribution is 6.50. The molecule has 132 valence electrons. The Morgan fingerprint density at radius 2 is 1.92 bits per heavy atom. The topological polar surface area (TPSA) is 80.7 Å². The predicted octanol–water partition coefficient (Wildman–Crippen LogP) is 2.96. The van der Waals surface area contributed by atoms with Crippen LogP contribution in [-0.2, 0) is 19.1 Å². The number of ketones is 2. The van der Waals surface area contributed by atoms with Crippen LogP contribution in [-0.4, -0.2) is 28.7 Å². The zero-order valence-electron chi connectivity index (χ0n) is 14.7. The molecule has 0 radical (unpaired) electrons. The van der Waals surface area contributed by atoms with Crippen molar-refractivity contribution in [1.82, 2.24) is 0 Å². The summed E-state index contributed by atoms with van der Waals surface area (Å²) in [5, 5.41) is 10.7. The molecule has 1 fully saturated rings. The number of hydrogen-bond acceptors (Lipinski definition) is 5. The van der Waals surface area contributed by atoms with Crippen LogP contribution in [0.4, 0.5) is 0 Å². The molecule has 1 saturated heterocycles. The van der Waals surface area contributed by atoms with Crippen LogP contribution in [0.1, 0.15) is 46.5 Å². The minimum absolute atomic E-state index is 0.0847. The van der Waals surface area contributed by atoms with Gasteiger partial charge in [0.05, 0.1) is 5.41 Å². The number of allylic oxidation sites excluding steroid dienone is 4. The maximum atomic E-state index is 12.7. The molecule has 4 rings (SSSR count). The van der Waals surface area contributed by atoms with Crippen LogP contribution >= 0.6 is 0 Å². The Balaban J connectivity index is 1.87. The van der Waals surface area contributed by atoms with E-state index in [0.717, 1.165) is 18.4 Å². The molecule has 0 amide bonds. The first-order valence-electron chi connectivity index (χ1n) is 8.90. The van der Waals surface area contributed by atoms with Crippen LogP contribution < -0.4 is 0 Å². The smallest absolute Gasteiger partial charge is 0.312 e. The van der Waals surface area contributed by atoms with Gasteiger partial charge in [-0.15, -0.1) is 0 Å². The summed E-state index contributed by atoms with van der Waals surface area (Å²) in [6, 6.07) is 0. The summed E-state index contributed by atoms with van der Waals surface area (Å²) >= 11 is 0. The highest BCUT2D eigenvalue weighted by Crippen LogP contribution is 2.55. The molecule has 4 aliphatic rings. The molecule has 0 unspecified atom stereocenters. The minimum Gasteiger partial charge on any atom is -0.507 e. The Morgan fingerprint density at radius 3 is 2.60 bits per heavy atom. The van der Waals surface area contributed by atoms with Crippen molar-refractivity contribution in [2.45, 2.75) is 52.6 Å². The van der Waals surface area contributed by atoms with Gasteiger partial charge >= 0.3 is 5.97 Å². The van der Waals surface area contributed by atoms with Gasteiger partial charge in [-0.05, 0) is 32.1 Å². The fraction of sp³-hybridized carbons (Fsp3) is 0.550. The lowest BCUT2D eigenvalue weighted by molar-refractivity contribution is -0.148. The van der Waals surface area contributed by atoms with E-state index in [1.807, 2.05) is 6.92 Å². The molecule has 3 atom stereocenters. The summed E-state index contributed by atoms with van der Waals surface area (Å²) in [4.78, 5) is 37.6. The molecular weight excluding hydrogens is 320 g/mol. The quantitative estimate of drug-likeness (QED) is 0.343. The number of rotatable bonds is 1. The van der Waals surface area contributed by atoms with Gasteiger partial charge in [0.15, 0.2) is 0 Å². The van der Waals surface area contributed by atoms with Gasteiger partial charge < -0.3 is 9.84 Å². The Morgan fingerprint density at radius 1 is 1.20 bits per heavy atom. The van der Waals surface area contributed by atoms with Crippen LogP contribution in [0.25, 0.3) is 0 Å². The van der Waals surface area contributed by atoms with Crippen molar-refractivity contribution in [1.29, 1.82) is 0 Å². The largest absolute Gasteiger partial charge is 0.507 e. The number of esters is 1. The van der Waals surface area contributed by atoms with Crippen LogP contribution in [0.15, 0.2) is 34.1 Å². The second-order valence-corrected chi connectivity index (χ2v) is 8.07. The Bertz CT molecular complexity index is 810. The monoisotopic (exact) mass is 342 g/mol. The van der Waals surface area contributed by atoms with Gasteiger partial charge in [0.2, 0.25) is 11.6 Å². The van der Waals surface area contributed by atoms with Crippen LogP contribution in [0.5, 0.6) is 0 Å². The van der Waals surface area contributed by atoms with E-state index in [-0.39, 0.29) is 35.2 Å². The average Bonchev–Trinajstić information content (AvgIpc) is 2.69. The maximum Gasteiger partial charge on any atom is 0.312 e. The molecule has 25 heavy (non-hydrogen) atoms. The summed E-state index contributed by atoms with van der Waals surface area (Å²) in [5.41, 5.74) is 1.47. The standard InChI is InChI=1S/C20H22O5/c1-9(2)14-16(21)12-8-13-15-10(7-11(12)17(22)18(14)23)5-4-6-20(15,3)19(24)25-13/h5,9,13,15,21H,4,6-8H2,1-3H3/t13-,15-,20-/m0/s1. The van der Waals surface area contributed by atoms with Crippen LogP contribution in [0, 0.1) is 17.3 Å². The highest BCUT2D eigenvalue weighted by atomic mass is 16.6. The Kier molecular flexibility index (Phi) is 3.37. The van der Waals surface area contributed by atoms with Gasteiger partial charge in [-0.2, -0.15) is 0 Å². The fourth-order valence-corrected chi connectivity index (χ4v) is 4.97. The summed E-state index contributed by atoms with van der Waals surface area (Å²) in [7, 11) is 0. The molecule has 1 aliphatic heterocycles. The lowest BCUT2D eigenvalue weighted by Gasteiger charge is -2.33. The Hall–Kier alpha value is -2.17. The summed E-state index contributed by atoms with van der Waals surface area (Å²) in [6.45, 7) is 5.50. The molecular formula is C20H22O5. The molecule has 0 aromatic carbocycles. The zero-order chi connectivity index (χ0) is 18.1. The lowest BCUT2D eigenvalue weighted by atomic mass is 9.66. The third kappa shape index (κ3) is 2.04. The summed E-state index contributed by atoms with van der Waals surface area (Å²) in [6.07, 6.45) is 3.80. The normalized spacial score (nSPS) is 34.7. The molecule has 1 N–H and O–H groups in total. The van der Waals surface area contributed by atoms with E-state index in [1.54, 1.807) is 13.8 Å². The van der Waals surface area contributed by atoms with Crippen molar-refractivity contribution in [2.24, 2.45) is 17.3 Å². The highest BCUT2D eigenvalue weighted by Gasteiger charge is 2.58. The minimum atomic E-state index is -0.602.